The summed E-state index contributed by atoms with van der Waals surface area (Å²) in [6.45, 7) is 5.65. The molecule has 2 aromatic carbocycles. The number of hydrogen-bond donors (Lipinski definition) is 2. The molecule has 0 radical (unpaired) electrons. The van der Waals surface area contributed by atoms with Gasteiger partial charge < -0.3 is 10.2 Å². The van der Waals surface area contributed by atoms with Crippen LogP contribution in [0.2, 0.25) is 10.3 Å². The molecule has 2 aliphatic carbocycles. The number of likely N-dealkylation sites (tertiary alicyclic amines) is 2. The second-order valence-corrected chi connectivity index (χ2v) is 15.2. The number of benzene rings is 2. The fourth-order valence-electron chi connectivity index (χ4n) is 9.27. The predicted octanol–water partition coefficient (Wildman–Crippen LogP) is 7.71. The Morgan fingerprint density at radius 2 is 0.917 bits per heavy atom. The third-order valence-corrected chi connectivity index (χ3v) is 11.9. The van der Waals surface area contributed by atoms with Crippen LogP contribution in [0.5, 0.6) is 0 Å². The van der Waals surface area contributed by atoms with Crippen molar-refractivity contribution in [3.05, 3.63) is 130 Å². The number of pyridine rings is 2. The minimum Gasteiger partial charge on any atom is -0.384 e. The van der Waals surface area contributed by atoms with Gasteiger partial charge in [-0.2, -0.15) is 0 Å². The molecule has 0 amide bonds. The highest BCUT2D eigenvalue weighted by molar-refractivity contribution is 6.29. The Balaban J connectivity index is 0.000000152. The number of fused-ring (bicyclic) bond motifs is 4. The molecule has 4 atom stereocenters. The van der Waals surface area contributed by atoms with Gasteiger partial charge in [-0.1, -0.05) is 96.7 Å². The van der Waals surface area contributed by atoms with E-state index >= 15 is 0 Å². The summed E-state index contributed by atoms with van der Waals surface area (Å²) in [5.41, 5.74) is 3.03. The Hall–Kier alpha value is -2.84. The van der Waals surface area contributed by atoms with E-state index in [2.05, 4.69) is 80.4 Å². The minimum absolute atomic E-state index is 0.257. The van der Waals surface area contributed by atoms with Crippen LogP contribution in [0.1, 0.15) is 60.8 Å². The van der Waals surface area contributed by atoms with Gasteiger partial charge in [0.2, 0.25) is 0 Å². The summed E-state index contributed by atoms with van der Waals surface area (Å²) in [7, 11) is 0. The minimum atomic E-state index is -0.766. The normalized spacial score (nSPS) is 30.2. The van der Waals surface area contributed by atoms with Crippen molar-refractivity contribution in [2.45, 2.75) is 62.8 Å². The number of aromatic nitrogens is 2. The van der Waals surface area contributed by atoms with Gasteiger partial charge in [-0.3, -0.25) is 9.80 Å². The molecule has 0 spiro atoms. The summed E-state index contributed by atoms with van der Waals surface area (Å²) >= 11 is 12.2. The molecule has 4 aliphatic rings. The summed E-state index contributed by atoms with van der Waals surface area (Å²) in [6, 6.07) is 28.8. The summed E-state index contributed by atoms with van der Waals surface area (Å²) < 4.78 is 0. The summed E-state index contributed by atoms with van der Waals surface area (Å²) in [5.74, 6) is 1.03. The van der Waals surface area contributed by atoms with E-state index in [1.807, 2.05) is 24.3 Å². The molecule has 2 saturated carbocycles. The molecular weight excluding hydrogens is 639 g/mol. The van der Waals surface area contributed by atoms with E-state index in [1.54, 1.807) is 12.4 Å². The molecule has 8 rings (SSSR count). The standard InChI is InChI=1S/2C20H23ClN2O/c2*21-19-11-16(9-10-22-19)20(24)17-7-4-8-18(20)14-23(13-17)12-15-5-2-1-3-6-15/h2*1-3,5-6,9-11,17-18,24H,4,7-8,12-14H2. The van der Waals surface area contributed by atoms with E-state index in [1.165, 1.54) is 24.0 Å². The zero-order valence-corrected chi connectivity index (χ0v) is 29.0. The summed E-state index contributed by atoms with van der Waals surface area (Å²) in [5, 5.41) is 24.2. The second kappa shape index (κ2) is 14.6. The van der Waals surface area contributed by atoms with Gasteiger partial charge in [0.1, 0.15) is 10.3 Å². The lowest BCUT2D eigenvalue weighted by atomic mass is 9.62. The van der Waals surface area contributed by atoms with E-state index in [4.69, 9.17) is 23.2 Å². The molecule has 2 aliphatic heterocycles. The van der Waals surface area contributed by atoms with Crippen molar-refractivity contribution in [1.82, 2.24) is 19.8 Å². The van der Waals surface area contributed by atoms with Crippen molar-refractivity contribution < 1.29 is 10.2 Å². The molecule has 4 unspecified atom stereocenters. The SMILES string of the molecule is OC1(c2ccnc(Cl)c2)C2CCCC1CN(Cc1ccccc1)C2.OC1(c2ccnc(Cl)c2)C2CCCC1CN(Cc1ccccc1)C2. The first-order chi connectivity index (χ1) is 23.3. The average molecular weight is 686 g/mol. The molecule has 4 aromatic rings. The number of nitrogens with zero attached hydrogens (tertiary/aromatic N) is 4. The second-order valence-electron chi connectivity index (χ2n) is 14.4. The fraction of sp³-hybridized carbons (Fsp3) is 0.450. The monoisotopic (exact) mass is 684 g/mol. The van der Waals surface area contributed by atoms with Gasteiger partial charge in [-0.25, -0.2) is 9.97 Å². The Kier molecular flexibility index (Phi) is 10.2. The molecule has 4 fully saturated rings. The fourth-order valence-corrected chi connectivity index (χ4v) is 9.62. The highest BCUT2D eigenvalue weighted by Crippen LogP contribution is 2.51. The van der Waals surface area contributed by atoms with E-state index in [0.717, 1.165) is 76.1 Å². The maximum Gasteiger partial charge on any atom is 0.129 e. The molecule has 4 heterocycles. The van der Waals surface area contributed by atoms with Gasteiger partial charge in [-0.05, 0) is 72.2 Å². The van der Waals surface area contributed by atoms with Gasteiger partial charge in [0.15, 0.2) is 0 Å². The first kappa shape index (κ1) is 33.6. The van der Waals surface area contributed by atoms with Gasteiger partial charge in [0.25, 0.3) is 0 Å². The topological polar surface area (TPSA) is 72.7 Å². The molecular formula is C40H46Cl2N4O2. The Morgan fingerprint density at radius 1 is 0.562 bits per heavy atom. The molecule has 8 heteroatoms. The highest BCUT2D eigenvalue weighted by atomic mass is 35.5. The van der Waals surface area contributed by atoms with Gasteiger partial charge in [0, 0.05) is 75.3 Å². The quantitative estimate of drug-likeness (QED) is 0.203. The van der Waals surface area contributed by atoms with Crippen LogP contribution < -0.4 is 0 Å². The summed E-state index contributed by atoms with van der Waals surface area (Å²) in [4.78, 5) is 13.2. The third kappa shape index (κ3) is 6.94. The van der Waals surface area contributed by atoms with Crippen molar-refractivity contribution in [2.24, 2.45) is 23.7 Å². The van der Waals surface area contributed by atoms with Gasteiger partial charge in [0.05, 0.1) is 11.2 Å². The lowest BCUT2D eigenvalue weighted by Gasteiger charge is -2.53. The van der Waals surface area contributed by atoms with Crippen molar-refractivity contribution in [2.75, 3.05) is 26.2 Å². The van der Waals surface area contributed by atoms with Crippen LogP contribution in [-0.4, -0.2) is 56.2 Å². The number of piperidine rings is 2. The number of hydrogen-bond acceptors (Lipinski definition) is 6. The molecule has 48 heavy (non-hydrogen) atoms. The first-order valence-electron chi connectivity index (χ1n) is 17.5. The zero-order valence-electron chi connectivity index (χ0n) is 27.5. The molecule has 252 valence electrons. The van der Waals surface area contributed by atoms with Crippen LogP contribution in [0.25, 0.3) is 0 Å². The van der Waals surface area contributed by atoms with E-state index < -0.39 is 11.2 Å². The van der Waals surface area contributed by atoms with Gasteiger partial charge >= 0.3 is 0 Å². The Bertz CT molecular complexity index is 1510. The van der Waals surface area contributed by atoms with Crippen LogP contribution >= 0.6 is 23.2 Å². The van der Waals surface area contributed by atoms with E-state index in [0.29, 0.717) is 10.3 Å². The average Bonchev–Trinajstić information content (AvgIpc) is 3.07. The molecule has 2 aromatic heterocycles. The lowest BCUT2D eigenvalue weighted by Crippen LogP contribution is -2.57. The number of rotatable bonds is 6. The molecule has 4 bridgehead atoms. The third-order valence-electron chi connectivity index (χ3n) is 11.5. The number of halogens is 2. The Morgan fingerprint density at radius 3 is 1.25 bits per heavy atom. The van der Waals surface area contributed by atoms with Crippen LogP contribution in [0, 0.1) is 23.7 Å². The van der Waals surface area contributed by atoms with Crippen molar-refractivity contribution in [3.63, 3.8) is 0 Å². The predicted molar refractivity (Wildman–Crippen MR) is 191 cm³/mol. The first-order valence-corrected chi connectivity index (χ1v) is 18.3. The van der Waals surface area contributed by atoms with Crippen molar-refractivity contribution in [3.8, 4) is 0 Å². The molecule has 2 saturated heterocycles. The van der Waals surface area contributed by atoms with E-state index in [9.17, 15) is 10.2 Å². The van der Waals surface area contributed by atoms with E-state index in [-0.39, 0.29) is 23.7 Å². The number of aliphatic hydroxyl groups is 2. The van der Waals surface area contributed by atoms with Crippen molar-refractivity contribution in [1.29, 1.82) is 0 Å². The van der Waals surface area contributed by atoms with Crippen LogP contribution in [0.3, 0.4) is 0 Å². The van der Waals surface area contributed by atoms with Crippen LogP contribution in [-0.2, 0) is 24.3 Å². The Labute approximate surface area is 294 Å². The maximum absolute atomic E-state index is 11.6. The molecule has 2 N–H and O–H groups in total. The molecule has 6 nitrogen and oxygen atoms in total. The van der Waals surface area contributed by atoms with Crippen LogP contribution in [0.15, 0.2) is 97.3 Å². The largest absolute Gasteiger partial charge is 0.384 e. The maximum atomic E-state index is 11.6. The smallest absolute Gasteiger partial charge is 0.129 e. The zero-order chi connectivity index (χ0) is 33.1. The van der Waals surface area contributed by atoms with Gasteiger partial charge in [-0.15, -0.1) is 0 Å². The summed E-state index contributed by atoms with van der Waals surface area (Å²) in [6.07, 6.45) is 10.1. The highest BCUT2D eigenvalue weighted by Gasteiger charge is 2.52. The van der Waals surface area contributed by atoms with Crippen LogP contribution in [0.4, 0.5) is 0 Å². The van der Waals surface area contributed by atoms with Crippen molar-refractivity contribution >= 4 is 23.2 Å². The lowest BCUT2D eigenvalue weighted by molar-refractivity contribution is -0.148.